The van der Waals surface area contributed by atoms with Crippen molar-refractivity contribution in [2.45, 2.75) is 13.3 Å². The maximum atomic E-state index is 5.30. The fourth-order valence-corrected chi connectivity index (χ4v) is 1.38. The van der Waals surface area contributed by atoms with Crippen molar-refractivity contribution in [3.63, 3.8) is 0 Å². The van der Waals surface area contributed by atoms with E-state index in [0.29, 0.717) is 18.9 Å². The summed E-state index contributed by atoms with van der Waals surface area (Å²) >= 11 is 0. The van der Waals surface area contributed by atoms with Crippen LogP contribution in [0, 0.1) is 0 Å². The summed E-state index contributed by atoms with van der Waals surface area (Å²) in [7, 11) is 0. The van der Waals surface area contributed by atoms with Crippen LogP contribution in [0.3, 0.4) is 0 Å². The Balaban J connectivity index is 1.81. The van der Waals surface area contributed by atoms with Gasteiger partial charge in [-0.25, -0.2) is 0 Å². The van der Waals surface area contributed by atoms with Gasteiger partial charge in [-0.1, -0.05) is 40.6 Å². The van der Waals surface area contributed by atoms with E-state index >= 15 is 0 Å². The van der Waals surface area contributed by atoms with E-state index in [2.05, 4.69) is 15.4 Å². The van der Waals surface area contributed by atoms with Crippen LogP contribution in [0.5, 0.6) is 0 Å². The zero-order valence-electron chi connectivity index (χ0n) is 10.0. The van der Waals surface area contributed by atoms with Gasteiger partial charge in [0.1, 0.15) is 6.61 Å². The van der Waals surface area contributed by atoms with E-state index in [-0.39, 0.29) is 6.01 Å². The van der Waals surface area contributed by atoms with Crippen LogP contribution in [-0.4, -0.2) is 22.5 Å². The number of nitrogens with two attached hydrogens (primary N) is 1. The Labute approximate surface area is 104 Å². The lowest BCUT2D eigenvalue weighted by atomic mass is 10.1. The van der Waals surface area contributed by atoms with Gasteiger partial charge in [-0.15, -0.1) is 5.10 Å². The molecule has 2 N–H and O–H groups in total. The van der Waals surface area contributed by atoms with Crippen molar-refractivity contribution in [3.05, 3.63) is 41.8 Å². The van der Waals surface area contributed by atoms with Crippen LogP contribution in [0.4, 0.5) is 6.01 Å². The van der Waals surface area contributed by atoms with Crippen molar-refractivity contribution in [1.29, 1.82) is 0 Å². The summed E-state index contributed by atoms with van der Waals surface area (Å²) < 4.78 is 5.00. The van der Waals surface area contributed by atoms with Gasteiger partial charge in [0, 0.05) is 0 Å². The summed E-state index contributed by atoms with van der Waals surface area (Å²) in [5, 5.41) is 11.3. The lowest BCUT2D eigenvalue weighted by Gasteiger charge is -2.00. The van der Waals surface area contributed by atoms with Gasteiger partial charge < -0.3 is 15.0 Å². The lowest BCUT2D eigenvalue weighted by molar-refractivity contribution is 0.143. The van der Waals surface area contributed by atoms with Gasteiger partial charge in [-0.2, -0.15) is 0 Å². The van der Waals surface area contributed by atoms with Crippen LogP contribution < -0.4 is 5.73 Å². The highest BCUT2D eigenvalue weighted by Gasteiger charge is 2.02. The molecule has 0 aliphatic carbocycles. The van der Waals surface area contributed by atoms with E-state index < -0.39 is 0 Å². The van der Waals surface area contributed by atoms with Gasteiger partial charge in [0.25, 0.3) is 0 Å². The molecular formula is C12H14N4O2. The van der Waals surface area contributed by atoms with E-state index in [1.807, 2.05) is 37.3 Å². The number of benzene rings is 1. The van der Waals surface area contributed by atoms with Crippen LogP contribution in [-0.2, 0) is 11.3 Å². The first kappa shape index (κ1) is 12.1. The largest absolute Gasteiger partial charge is 0.408 e. The third kappa shape index (κ3) is 3.31. The number of nitrogen functional groups attached to an aromatic ring is 1. The van der Waals surface area contributed by atoms with Crippen molar-refractivity contribution in [1.82, 2.24) is 10.2 Å². The second-order valence-corrected chi connectivity index (χ2v) is 3.66. The van der Waals surface area contributed by atoms with Gasteiger partial charge in [-0.3, -0.25) is 0 Å². The average Bonchev–Trinajstić information content (AvgIpc) is 2.81. The fourth-order valence-electron chi connectivity index (χ4n) is 1.38. The second kappa shape index (κ2) is 5.81. The van der Waals surface area contributed by atoms with Gasteiger partial charge in [-0.05, 0) is 12.5 Å². The first-order chi connectivity index (χ1) is 8.75. The SMILES string of the molecule is C/C(=N\OCCc1nnc(N)o1)c1ccccc1. The Morgan fingerprint density at radius 1 is 1.33 bits per heavy atom. The van der Waals surface area contributed by atoms with Crippen molar-refractivity contribution >= 4 is 11.7 Å². The lowest BCUT2D eigenvalue weighted by Crippen LogP contribution is -1.99. The maximum Gasteiger partial charge on any atom is 0.312 e. The number of rotatable bonds is 5. The van der Waals surface area contributed by atoms with Gasteiger partial charge >= 0.3 is 6.01 Å². The third-order valence-electron chi connectivity index (χ3n) is 2.28. The molecule has 0 fully saturated rings. The van der Waals surface area contributed by atoms with Crippen molar-refractivity contribution in [2.75, 3.05) is 12.3 Å². The molecule has 6 nitrogen and oxygen atoms in total. The number of oxime groups is 1. The second-order valence-electron chi connectivity index (χ2n) is 3.66. The van der Waals surface area contributed by atoms with Crippen LogP contribution >= 0.6 is 0 Å². The molecule has 1 aromatic carbocycles. The number of nitrogens with zero attached hydrogens (tertiary/aromatic N) is 3. The molecule has 2 aromatic rings. The number of aromatic nitrogens is 2. The summed E-state index contributed by atoms with van der Waals surface area (Å²) in [5.74, 6) is 0.445. The standard InChI is InChI=1S/C12H14N4O2/c1-9(10-5-3-2-4-6-10)16-17-8-7-11-14-15-12(13)18-11/h2-6H,7-8H2,1H3,(H2,13,15)/b16-9+. The highest BCUT2D eigenvalue weighted by Crippen LogP contribution is 2.03. The Morgan fingerprint density at radius 3 is 2.78 bits per heavy atom. The molecule has 2 rings (SSSR count). The predicted molar refractivity (Wildman–Crippen MR) is 67.0 cm³/mol. The summed E-state index contributed by atoms with van der Waals surface area (Å²) in [4.78, 5) is 5.18. The topological polar surface area (TPSA) is 86.5 Å². The van der Waals surface area contributed by atoms with Crippen LogP contribution in [0.1, 0.15) is 18.4 Å². The molecule has 0 atom stereocenters. The van der Waals surface area contributed by atoms with E-state index in [4.69, 9.17) is 15.0 Å². The van der Waals surface area contributed by atoms with Gasteiger partial charge in [0.15, 0.2) is 0 Å². The first-order valence-corrected chi connectivity index (χ1v) is 5.55. The quantitative estimate of drug-likeness (QED) is 0.492. The molecule has 1 aromatic heterocycles. The van der Waals surface area contributed by atoms with Crippen LogP contribution in [0.15, 0.2) is 39.9 Å². The van der Waals surface area contributed by atoms with Crippen molar-refractivity contribution in [2.24, 2.45) is 5.16 Å². The predicted octanol–water partition coefficient (Wildman–Crippen LogP) is 1.64. The molecule has 94 valence electrons. The van der Waals surface area contributed by atoms with Gasteiger partial charge in [0.2, 0.25) is 5.89 Å². The van der Waals surface area contributed by atoms with Crippen molar-refractivity contribution < 1.29 is 9.25 Å². The molecule has 0 bridgehead atoms. The molecule has 18 heavy (non-hydrogen) atoms. The average molecular weight is 246 g/mol. The minimum absolute atomic E-state index is 0.0639. The summed E-state index contributed by atoms with van der Waals surface area (Å²) in [6.45, 7) is 2.26. The minimum atomic E-state index is 0.0639. The molecule has 0 spiro atoms. The van der Waals surface area contributed by atoms with E-state index in [1.54, 1.807) is 0 Å². The normalized spacial score (nSPS) is 11.5. The number of hydrogen-bond acceptors (Lipinski definition) is 6. The highest BCUT2D eigenvalue weighted by molar-refractivity contribution is 5.98. The molecule has 0 saturated heterocycles. The molecule has 6 heteroatoms. The Kier molecular flexibility index (Phi) is 3.90. The molecule has 0 unspecified atom stereocenters. The Hall–Kier alpha value is -2.37. The smallest absolute Gasteiger partial charge is 0.312 e. The van der Waals surface area contributed by atoms with E-state index in [0.717, 1.165) is 11.3 Å². The van der Waals surface area contributed by atoms with E-state index in [1.165, 1.54) is 0 Å². The van der Waals surface area contributed by atoms with Crippen LogP contribution in [0.25, 0.3) is 0 Å². The fraction of sp³-hybridized carbons (Fsp3) is 0.250. The molecule has 0 aliphatic heterocycles. The first-order valence-electron chi connectivity index (χ1n) is 5.55. The van der Waals surface area contributed by atoms with Crippen molar-refractivity contribution in [3.8, 4) is 0 Å². The number of hydrogen-bond donors (Lipinski definition) is 1. The Morgan fingerprint density at radius 2 is 2.11 bits per heavy atom. The zero-order chi connectivity index (χ0) is 12.8. The van der Waals surface area contributed by atoms with Crippen LogP contribution in [0.2, 0.25) is 0 Å². The highest BCUT2D eigenvalue weighted by atomic mass is 16.6. The maximum absolute atomic E-state index is 5.30. The monoisotopic (exact) mass is 246 g/mol. The molecule has 0 saturated carbocycles. The molecule has 0 radical (unpaired) electrons. The molecule has 0 amide bonds. The third-order valence-corrected chi connectivity index (χ3v) is 2.28. The Bertz CT molecular complexity index is 522. The molecule has 1 heterocycles. The summed E-state index contributed by atoms with van der Waals surface area (Å²) in [6.07, 6.45) is 0.482. The van der Waals surface area contributed by atoms with E-state index in [9.17, 15) is 0 Å². The molecule has 0 aliphatic rings. The minimum Gasteiger partial charge on any atom is -0.408 e. The zero-order valence-corrected chi connectivity index (χ0v) is 10.0. The number of anilines is 1. The van der Waals surface area contributed by atoms with Gasteiger partial charge in [0.05, 0.1) is 12.1 Å². The molecular weight excluding hydrogens is 232 g/mol. The summed E-state index contributed by atoms with van der Waals surface area (Å²) in [5.41, 5.74) is 7.15. The summed E-state index contributed by atoms with van der Waals surface area (Å²) in [6, 6.07) is 9.87.